The predicted molar refractivity (Wildman–Crippen MR) is 108 cm³/mol. The van der Waals surface area contributed by atoms with Gasteiger partial charge in [-0.15, -0.1) is 10.2 Å². The van der Waals surface area contributed by atoms with Crippen LogP contribution in [-0.4, -0.2) is 41.5 Å². The van der Waals surface area contributed by atoms with E-state index >= 15 is 0 Å². The number of methoxy groups -OCH3 is 1. The number of esters is 1. The van der Waals surface area contributed by atoms with Gasteiger partial charge in [0.2, 0.25) is 5.91 Å². The largest absolute Gasteiger partial charge is 0.496 e. The topological polar surface area (TPSA) is 104 Å². The smallest absolute Gasteiger partial charge is 0.340 e. The van der Waals surface area contributed by atoms with Crippen molar-refractivity contribution in [3.05, 3.63) is 54.1 Å². The van der Waals surface area contributed by atoms with Crippen LogP contribution < -0.4 is 10.1 Å². The monoisotopic (exact) mass is 413 g/mol. The van der Waals surface area contributed by atoms with E-state index in [2.05, 4.69) is 15.5 Å². The SMILES string of the molecule is CCOC(=O)c1ccccc1NC(=O)CSc1nnc(-c2ccccc2OC)o1. The molecule has 0 spiro atoms. The van der Waals surface area contributed by atoms with Gasteiger partial charge < -0.3 is 19.2 Å². The summed E-state index contributed by atoms with van der Waals surface area (Å²) < 4.78 is 15.9. The Hall–Kier alpha value is -3.33. The molecule has 3 aromatic rings. The lowest BCUT2D eigenvalue weighted by molar-refractivity contribution is -0.113. The molecule has 1 aromatic heterocycles. The van der Waals surface area contributed by atoms with Crippen molar-refractivity contribution in [3.63, 3.8) is 0 Å². The third-order valence-electron chi connectivity index (χ3n) is 3.77. The third-order valence-corrected chi connectivity index (χ3v) is 4.59. The molecule has 8 nitrogen and oxygen atoms in total. The van der Waals surface area contributed by atoms with Gasteiger partial charge in [-0.1, -0.05) is 36.0 Å². The van der Waals surface area contributed by atoms with Gasteiger partial charge in [-0.05, 0) is 31.2 Å². The van der Waals surface area contributed by atoms with Gasteiger partial charge in [0.15, 0.2) is 0 Å². The number of amides is 1. The highest BCUT2D eigenvalue weighted by Gasteiger charge is 2.16. The third kappa shape index (κ3) is 5.14. The van der Waals surface area contributed by atoms with E-state index < -0.39 is 5.97 Å². The molecule has 0 bridgehead atoms. The molecule has 1 heterocycles. The van der Waals surface area contributed by atoms with E-state index in [1.807, 2.05) is 12.1 Å². The molecule has 0 aliphatic carbocycles. The van der Waals surface area contributed by atoms with Crippen LogP contribution in [0.2, 0.25) is 0 Å². The standard InChI is InChI=1S/C20H19N3O5S/c1-3-27-19(25)13-8-4-6-10-15(13)21-17(24)12-29-20-23-22-18(28-20)14-9-5-7-11-16(14)26-2/h4-11H,3,12H2,1-2H3,(H,21,24). The first-order valence-corrected chi connectivity index (χ1v) is 9.76. The molecule has 0 radical (unpaired) electrons. The second kappa shape index (κ2) is 9.74. The lowest BCUT2D eigenvalue weighted by Crippen LogP contribution is -2.17. The van der Waals surface area contributed by atoms with Crippen LogP contribution in [0.25, 0.3) is 11.5 Å². The van der Waals surface area contributed by atoms with E-state index in [0.717, 1.165) is 11.8 Å². The number of benzene rings is 2. The number of rotatable bonds is 8. The van der Waals surface area contributed by atoms with Crippen molar-refractivity contribution in [2.45, 2.75) is 12.1 Å². The van der Waals surface area contributed by atoms with Gasteiger partial charge in [0.05, 0.1) is 36.3 Å². The van der Waals surface area contributed by atoms with Crippen LogP contribution in [0.4, 0.5) is 5.69 Å². The van der Waals surface area contributed by atoms with E-state index in [9.17, 15) is 9.59 Å². The molecule has 150 valence electrons. The Kier molecular flexibility index (Phi) is 6.85. The minimum atomic E-state index is -0.491. The number of nitrogens with one attached hydrogen (secondary N) is 1. The summed E-state index contributed by atoms with van der Waals surface area (Å²) in [4.78, 5) is 24.3. The number of carbonyl (C=O) groups is 2. The van der Waals surface area contributed by atoms with Crippen LogP contribution in [0.3, 0.4) is 0 Å². The van der Waals surface area contributed by atoms with Gasteiger partial charge >= 0.3 is 5.97 Å². The van der Waals surface area contributed by atoms with Gasteiger partial charge in [-0.3, -0.25) is 4.79 Å². The van der Waals surface area contributed by atoms with Crippen molar-refractivity contribution in [2.24, 2.45) is 0 Å². The summed E-state index contributed by atoms with van der Waals surface area (Å²) in [6.45, 7) is 1.97. The normalized spacial score (nSPS) is 10.4. The summed E-state index contributed by atoms with van der Waals surface area (Å²) in [6.07, 6.45) is 0. The second-order valence-corrected chi connectivity index (χ2v) is 6.60. The maximum atomic E-state index is 12.3. The highest BCUT2D eigenvalue weighted by atomic mass is 32.2. The molecule has 0 saturated carbocycles. The first kappa shape index (κ1) is 20.4. The van der Waals surface area contributed by atoms with Gasteiger partial charge in [0.25, 0.3) is 11.1 Å². The first-order valence-electron chi connectivity index (χ1n) is 8.78. The van der Waals surface area contributed by atoms with Crippen LogP contribution in [0.15, 0.2) is 58.2 Å². The molecular formula is C20H19N3O5S. The Bertz CT molecular complexity index is 1010. The Labute approximate surface area is 171 Å². The van der Waals surface area contributed by atoms with E-state index in [4.69, 9.17) is 13.9 Å². The Morgan fingerprint density at radius 1 is 1.10 bits per heavy atom. The van der Waals surface area contributed by atoms with Crippen LogP contribution in [0.1, 0.15) is 17.3 Å². The highest BCUT2D eigenvalue weighted by molar-refractivity contribution is 7.99. The molecule has 0 aliphatic rings. The maximum absolute atomic E-state index is 12.3. The molecule has 0 saturated heterocycles. The minimum Gasteiger partial charge on any atom is -0.496 e. The summed E-state index contributed by atoms with van der Waals surface area (Å²) in [5.41, 5.74) is 1.35. The molecule has 0 aliphatic heterocycles. The van der Waals surface area contributed by atoms with Gasteiger partial charge in [0, 0.05) is 0 Å². The molecule has 2 aromatic carbocycles. The van der Waals surface area contributed by atoms with Crippen LogP contribution in [0, 0.1) is 0 Å². The van der Waals surface area contributed by atoms with E-state index in [1.54, 1.807) is 50.4 Å². The van der Waals surface area contributed by atoms with Crippen molar-refractivity contribution in [1.82, 2.24) is 10.2 Å². The van der Waals surface area contributed by atoms with E-state index in [0.29, 0.717) is 28.5 Å². The zero-order valence-electron chi connectivity index (χ0n) is 15.9. The summed E-state index contributed by atoms with van der Waals surface area (Å²) in [6, 6.07) is 13.9. The molecular weight excluding hydrogens is 394 g/mol. The minimum absolute atomic E-state index is 0.0325. The number of anilines is 1. The number of thioether (sulfide) groups is 1. The maximum Gasteiger partial charge on any atom is 0.340 e. The van der Waals surface area contributed by atoms with E-state index in [-0.39, 0.29) is 23.5 Å². The number of aromatic nitrogens is 2. The van der Waals surface area contributed by atoms with Crippen molar-refractivity contribution < 1.29 is 23.5 Å². The Morgan fingerprint density at radius 3 is 2.66 bits per heavy atom. The first-order chi connectivity index (χ1) is 14.1. The average Bonchev–Trinajstić information content (AvgIpc) is 3.21. The second-order valence-electron chi connectivity index (χ2n) is 5.68. The van der Waals surface area contributed by atoms with Crippen molar-refractivity contribution >= 4 is 29.3 Å². The van der Waals surface area contributed by atoms with Crippen LogP contribution >= 0.6 is 11.8 Å². The van der Waals surface area contributed by atoms with Gasteiger partial charge in [-0.25, -0.2) is 4.79 Å². The Morgan fingerprint density at radius 2 is 1.86 bits per heavy atom. The number of hydrogen-bond donors (Lipinski definition) is 1. The number of para-hydroxylation sites is 2. The number of nitrogens with zero attached hydrogens (tertiary/aromatic N) is 2. The van der Waals surface area contributed by atoms with Gasteiger partial charge in [0.1, 0.15) is 5.75 Å². The fourth-order valence-electron chi connectivity index (χ4n) is 2.49. The van der Waals surface area contributed by atoms with Crippen molar-refractivity contribution in [3.8, 4) is 17.2 Å². The molecule has 3 rings (SSSR count). The summed E-state index contributed by atoms with van der Waals surface area (Å²) in [5.74, 6) is 0.141. The van der Waals surface area contributed by atoms with E-state index in [1.165, 1.54) is 0 Å². The number of hydrogen-bond acceptors (Lipinski definition) is 8. The molecule has 1 amide bonds. The zero-order valence-corrected chi connectivity index (χ0v) is 16.7. The molecule has 0 unspecified atom stereocenters. The number of ether oxygens (including phenoxy) is 2. The summed E-state index contributed by atoms with van der Waals surface area (Å²) >= 11 is 1.09. The lowest BCUT2D eigenvalue weighted by atomic mass is 10.2. The average molecular weight is 413 g/mol. The quantitative estimate of drug-likeness (QED) is 0.441. The molecule has 9 heteroatoms. The fourth-order valence-corrected chi connectivity index (χ4v) is 3.05. The van der Waals surface area contributed by atoms with Crippen LogP contribution in [0.5, 0.6) is 5.75 Å². The lowest BCUT2D eigenvalue weighted by Gasteiger charge is -2.09. The zero-order chi connectivity index (χ0) is 20.6. The molecule has 0 fully saturated rings. The van der Waals surface area contributed by atoms with Crippen molar-refractivity contribution in [2.75, 3.05) is 24.8 Å². The van der Waals surface area contributed by atoms with Gasteiger partial charge in [-0.2, -0.15) is 0 Å². The highest BCUT2D eigenvalue weighted by Crippen LogP contribution is 2.30. The van der Waals surface area contributed by atoms with Crippen LogP contribution in [-0.2, 0) is 9.53 Å². The molecule has 0 atom stereocenters. The van der Waals surface area contributed by atoms with Crippen molar-refractivity contribution in [1.29, 1.82) is 0 Å². The fraction of sp³-hybridized carbons (Fsp3) is 0.200. The Balaban J connectivity index is 1.63. The number of carbonyl (C=O) groups excluding carboxylic acids is 2. The predicted octanol–water partition coefficient (Wildman–Crippen LogP) is 3.65. The summed E-state index contributed by atoms with van der Waals surface area (Å²) in [5, 5.41) is 10.9. The molecule has 29 heavy (non-hydrogen) atoms. The summed E-state index contributed by atoms with van der Waals surface area (Å²) in [7, 11) is 1.56. The molecule has 1 N–H and O–H groups in total.